The van der Waals surface area contributed by atoms with Gasteiger partial charge in [0.05, 0.1) is 0 Å². The number of nitrogens with one attached hydrogen (secondary N) is 2. The summed E-state index contributed by atoms with van der Waals surface area (Å²) in [7, 11) is 0. The third kappa shape index (κ3) is 5.18. The predicted octanol–water partition coefficient (Wildman–Crippen LogP) is 3.92. The Morgan fingerprint density at radius 1 is 1.06 bits per heavy atom. The number of pyridine rings is 1. The number of thiocarbonyl (C=S) groups is 1. The lowest BCUT2D eigenvalue weighted by Crippen LogP contribution is -2.60. The Labute approximate surface area is 210 Å². The molecule has 0 saturated carbocycles. The summed E-state index contributed by atoms with van der Waals surface area (Å²) in [6.07, 6.45) is -0.0659. The van der Waals surface area contributed by atoms with Gasteiger partial charge in [-0.2, -0.15) is 0 Å². The maximum Gasteiger partial charge on any atom is 0.252 e. The van der Waals surface area contributed by atoms with Gasteiger partial charge in [-0.05, 0) is 54.9 Å². The molecule has 1 fully saturated rings. The molecule has 11 heteroatoms. The number of carbonyl (C=O) groups is 1. The van der Waals surface area contributed by atoms with Crippen LogP contribution in [0.25, 0.3) is 0 Å². The topological polar surface area (TPSA) is 66.4 Å². The smallest absolute Gasteiger partial charge is 0.252 e. The molecule has 1 aromatic carbocycles. The molecule has 2 N–H and O–H groups in total. The van der Waals surface area contributed by atoms with E-state index < -0.39 is 15.9 Å². The number of halogens is 4. The van der Waals surface area contributed by atoms with Crippen LogP contribution in [0.3, 0.4) is 0 Å². The zero-order valence-electron chi connectivity index (χ0n) is 16.7. The molecule has 3 atom stereocenters. The summed E-state index contributed by atoms with van der Waals surface area (Å²) in [6, 6.07) is 11.7. The highest BCUT2D eigenvalue weighted by Gasteiger charge is 2.39. The first-order valence-corrected chi connectivity index (χ1v) is 11.9. The molecule has 1 amide bonds. The van der Waals surface area contributed by atoms with E-state index in [0.29, 0.717) is 35.3 Å². The Morgan fingerprint density at radius 3 is 2.47 bits per heavy atom. The van der Waals surface area contributed by atoms with E-state index in [1.54, 1.807) is 36.4 Å². The SMILES string of the molecule is O=C(N[C@H](NC(=S)N1C[C@H]2C[C@@H](C1)c1cccc(=O)n1C2)C(Cl)(Cl)Cl)c1ccc(Cl)cc1. The molecule has 1 aromatic heterocycles. The highest BCUT2D eigenvalue weighted by atomic mass is 35.6. The molecule has 2 aromatic rings. The van der Waals surface area contributed by atoms with Gasteiger partial charge in [0.2, 0.25) is 3.79 Å². The van der Waals surface area contributed by atoms with Crippen LogP contribution in [0.15, 0.2) is 47.3 Å². The first-order valence-electron chi connectivity index (χ1n) is 10.00. The van der Waals surface area contributed by atoms with Gasteiger partial charge in [-0.15, -0.1) is 0 Å². The minimum atomic E-state index is -1.85. The molecule has 6 nitrogen and oxygen atoms in total. The van der Waals surface area contributed by atoms with Gasteiger partial charge in [0, 0.05) is 47.9 Å². The normalized spacial score (nSPS) is 20.8. The number of likely N-dealkylation sites (tertiary alicyclic amines) is 1. The fourth-order valence-corrected chi connectivity index (χ4v) is 5.01. The van der Waals surface area contributed by atoms with Crippen molar-refractivity contribution in [3.05, 3.63) is 69.1 Å². The average Bonchev–Trinajstić information content (AvgIpc) is 2.73. The lowest BCUT2D eigenvalue weighted by Gasteiger charge is -2.44. The molecule has 0 unspecified atom stereocenters. The first-order chi connectivity index (χ1) is 15.1. The fraction of sp³-hybridized carbons (Fsp3) is 0.381. The van der Waals surface area contributed by atoms with Crippen molar-refractivity contribution in [1.29, 1.82) is 0 Å². The van der Waals surface area contributed by atoms with Gasteiger partial charge >= 0.3 is 0 Å². The van der Waals surface area contributed by atoms with E-state index in [4.69, 9.17) is 58.6 Å². The Hall–Kier alpha value is -1.51. The molecular weight excluding hydrogens is 514 g/mol. The summed E-state index contributed by atoms with van der Waals surface area (Å²) in [6.45, 7) is 1.94. The number of alkyl halides is 3. The summed E-state index contributed by atoms with van der Waals surface area (Å²) in [5, 5.41) is 6.57. The molecule has 0 radical (unpaired) electrons. The second-order valence-corrected chi connectivity index (χ2v) is 11.2. The Kier molecular flexibility index (Phi) is 6.94. The number of benzene rings is 1. The third-order valence-corrected chi connectivity index (χ3v) is 7.03. The van der Waals surface area contributed by atoms with Gasteiger partial charge in [-0.25, -0.2) is 0 Å². The van der Waals surface area contributed by atoms with Crippen molar-refractivity contribution in [3.63, 3.8) is 0 Å². The fourth-order valence-electron chi connectivity index (χ4n) is 4.29. The van der Waals surface area contributed by atoms with Gasteiger partial charge in [0.1, 0.15) is 6.17 Å². The quantitative estimate of drug-likeness (QED) is 0.355. The van der Waals surface area contributed by atoms with E-state index >= 15 is 0 Å². The van der Waals surface area contributed by atoms with Crippen LogP contribution in [0.2, 0.25) is 5.02 Å². The molecule has 3 heterocycles. The molecule has 2 aliphatic rings. The van der Waals surface area contributed by atoms with Crippen molar-refractivity contribution in [2.24, 2.45) is 5.92 Å². The van der Waals surface area contributed by atoms with Gasteiger partial charge in [0.15, 0.2) is 5.11 Å². The molecule has 2 aliphatic heterocycles. The van der Waals surface area contributed by atoms with E-state index in [9.17, 15) is 9.59 Å². The summed E-state index contributed by atoms with van der Waals surface area (Å²) in [5.74, 6) is 0.0131. The number of aromatic nitrogens is 1. The third-order valence-electron chi connectivity index (χ3n) is 5.74. The molecule has 4 rings (SSSR count). The highest BCUT2D eigenvalue weighted by Crippen LogP contribution is 2.35. The van der Waals surface area contributed by atoms with Crippen molar-refractivity contribution >= 4 is 69.6 Å². The van der Waals surface area contributed by atoms with Crippen LogP contribution in [0.1, 0.15) is 28.4 Å². The van der Waals surface area contributed by atoms with Crippen molar-refractivity contribution in [3.8, 4) is 0 Å². The van der Waals surface area contributed by atoms with E-state index in [0.717, 1.165) is 12.1 Å². The summed E-state index contributed by atoms with van der Waals surface area (Å²) in [5.41, 5.74) is 1.40. The minimum Gasteiger partial charge on any atom is -0.348 e. The Morgan fingerprint density at radius 2 is 1.78 bits per heavy atom. The van der Waals surface area contributed by atoms with E-state index in [2.05, 4.69) is 10.6 Å². The zero-order chi connectivity index (χ0) is 23.0. The van der Waals surface area contributed by atoms with Crippen LogP contribution >= 0.6 is 58.6 Å². The lowest BCUT2D eigenvalue weighted by molar-refractivity contribution is 0.0933. The van der Waals surface area contributed by atoms with Crippen LogP contribution in [-0.2, 0) is 6.54 Å². The number of amides is 1. The molecule has 0 spiro atoms. The molecule has 1 saturated heterocycles. The first kappa shape index (κ1) is 23.6. The monoisotopic (exact) mass is 532 g/mol. The molecule has 170 valence electrons. The van der Waals surface area contributed by atoms with Crippen LogP contribution in [0.5, 0.6) is 0 Å². The Balaban J connectivity index is 1.47. The number of piperidine rings is 1. The minimum absolute atomic E-state index is 0.0209. The number of nitrogens with zero attached hydrogens (tertiary/aromatic N) is 2. The highest BCUT2D eigenvalue weighted by molar-refractivity contribution is 7.80. The standard InChI is InChI=1S/C21H20Cl4N4O2S/c22-15-6-4-13(5-7-15)18(31)26-19(21(23,24)25)27-20(32)28-9-12-8-14(11-28)16-2-1-3-17(30)29(16)10-12/h1-7,12,14,19H,8-11H2,(H,26,31)(H,27,32)/t12-,14+,19-/m1/s1. The number of hydrogen-bond acceptors (Lipinski definition) is 3. The van der Waals surface area contributed by atoms with E-state index in [-0.39, 0.29) is 17.4 Å². The lowest BCUT2D eigenvalue weighted by atomic mass is 9.83. The van der Waals surface area contributed by atoms with E-state index in [1.165, 1.54) is 0 Å². The maximum absolute atomic E-state index is 12.6. The van der Waals surface area contributed by atoms with Crippen molar-refractivity contribution in [2.45, 2.75) is 28.8 Å². The van der Waals surface area contributed by atoms with Crippen LogP contribution < -0.4 is 16.2 Å². The van der Waals surface area contributed by atoms with Gasteiger partial charge in [-0.3, -0.25) is 9.59 Å². The summed E-state index contributed by atoms with van der Waals surface area (Å²) in [4.78, 5) is 26.9. The van der Waals surface area contributed by atoms with Crippen LogP contribution in [0.4, 0.5) is 0 Å². The van der Waals surface area contributed by atoms with Crippen molar-refractivity contribution < 1.29 is 4.79 Å². The molecule has 0 aliphatic carbocycles. The molecular formula is C21H20Cl4N4O2S. The second-order valence-electron chi connectivity index (χ2n) is 8.01. The van der Waals surface area contributed by atoms with E-state index in [1.807, 2.05) is 15.5 Å². The Bertz CT molecular complexity index is 1090. The summed E-state index contributed by atoms with van der Waals surface area (Å²) >= 11 is 29.9. The molecule has 2 bridgehead atoms. The van der Waals surface area contributed by atoms with Gasteiger partial charge in [-0.1, -0.05) is 52.5 Å². The maximum atomic E-state index is 12.6. The zero-order valence-corrected chi connectivity index (χ0v) is 20.6. The average molecular weight is 534 g/mol. The molecule has 32 heavy (non-hydrogen) atoms. The number of carbonyl (C=O) groups excluding carboxylic acids is 1. The number of hydrogen-bond donors (Lipinski definition) is 2. The largest absolute Gasteiger partial charge is 0.348 e. The van der Waals surface area contributed by atoms with Crippen molar-refractivity contribution in [2.75, 3.05) is 13.1 Å². The van der Waals surface area contributed by atoms with Crippen LogP contribution in [-0.4, -0.2) is 43.5 Å². The van der Waals surface area contributed by atoms with Crippen LogP contribution in [0, 0.1) is 5.92 Å². The van der Waals surface area contributed by atoms with Crippen molar-refractivity contribution in [1.82, 2.24) is 20.1 Å². The predicted molar refractivity (Wildman–Crippen MR) is 132 cm³/mol. The summed E-state index contributed by atoms with van der Waals surface area (Å²) < 4.78 is 0.000814. The van der Waals surface area contributed by atoms with Gasteiger partial charge < -0.3 is 20.1 Å². The second kappa shape index (κ2) is 9.39. The number of fused-ring (bicyclic) bond motifs is 4. The number of rotatable bonds is 3. The van der Waals surface area contributed by atoms with Gasteiger partial charge in [0.25, 0.3) is 11.5 Å².